The minimum absolute atomic E-state index is 0.126. The van der Waals surface area contributed by atoms with E-state index in [1.807, 2.05) is 43.1 Å². The molecule has 23 heavy (non-hydrogen) atoms. The molecule has 1 amide bonds. The van der Waals surface area contributed by atoms with Crippen molar-refractivity contribution in [3.05, 3.63) is 40.0 Å². The molecule has 0 radical (unpaired) electrons. The predicted octanol–water partition coefficient (Wildman–Crippen LogP) is 3.38. The summed E-state index contributed by atoms with van der Waals surface area (Å²) in [5.74, 6) is 0.802. The smallest absolute Gasteiger partial charge is 0.254 e. The zero-order valence-corrected chi connectivity index (χ0v) is 15.2. The molecule has 0 saturated carbocycles. The number of likely N-dealkylation sites (tertiary alicyclic amines) is 1. The standard InChI is InChI=1S/C18H22BrN3O/c1-12-9-16(15-10-14(19)3-4-17(15)21-12)18(23)22-7-5-13(6-8-22)11-20-2/h3-4,9-10,13,20H,5-8,11H2,1-2H3. The predicted molar refractivity (Wildman–Crippen MR) is 96.7 cm³/mol. The van der Waals surface area contributed by atoms with Gasteiger partial charge in [0.05, 0.1) is 11.1 Å². The fourth-order valence-corrected chi connectivity index (χ4v) is 3.67. The first-order valence-corrected chi connectivity index (χ1v) is 8.88. The first-order valence-electron chi connectivity index (χ1n) is 8.09. The number of carbonyl (C=O) groups excluding carboxylic acids is 1. The van der Waals surface area contributed by atoms with E-state index in [-0.39, 0.29) is 5.91 Å². The van der Waals surface area contributed by atoms with Crippen molar-refractivity contribution in [3.63, 3.8) is 0 Å². The number of piperidine rings is 1. The van der Waals surface area contributed by atoms with Gasteiger partial charge >= 0.3 is 0 Å². The van der Waals surface area contributed by atoms with Gasteiger partial charge in [0.25, 0.3) is 5.91 Å². The number of fused-ring (bicyclic) bond motifs is 1. The fraction of sp³-hybridized carbons (Fsp3) is 0.444. The van der Waals surface area contributed by atoms with Crippen LogP contribution in [0.5, 0.6) is 0 Å². The molecule has 122 valence electrons. The molecule has 5 heteroatoms. The largest absolute Gasteiger partial charge is 0.339 e. The molecular formula is C18H22BrN3O. The van der Waals surface area contributed by atoms with Gasteiger partial charge in [0, 0.05) is 28.6 Å². The first-order chi connectivity index (χ1) is 11.1. The summed E-state index contributed by atoms with van der Waals surface area (Å²) in [6, 6.07) is 7.83. The van der Waals surface area contributed by atoms with Crippen LogP contribution in [0.15, 0.2) is 28.7 Å². The van der Waals surface area contributed by atoms with Crippen molar-refractivity contribution in [1.82, 2.24) is 15.2 Å². The summed E-state index contributed by atoms with van der Waals surface area (Å²) in [6.45, 7) is 4.65. The summed E-state index contributed by atoms with van der Waals surface area (Å²) in [5, 5.41) is 4.16. The Kier molecular flexibility index (Phi) is 4.97. The van der Waals surface area contributed by atoms with Gasteiger partial charge in [-0.25, -0.2) is 0 Å². The molecule has 1 N–H and O–H groups in total. The van der Waals surface area contributed by atoms with Crippen LogP contribution in [0.2, 0.25) is 0 Å². The number of hydrogen-bond donors (Lipinski definition) is 1. The number of aryl methyl sites for hydroxylation is 1. The van der Waals surface area contributed by atoms with Crippen molar-refractivity contribution < 1.29 is 4.79 Å². The highest BCUT2D eigenvalue weighted by atomic mass is 79.9. The number of nitrogens with zero attached hydrogens (tertiary/aromatic N) is 2. The molecule has 0 aliphatic carbocycles. The van der Waals surface area contributed by atoms with Gasteiger partial charge in [0.1, 0.15) is 0 Å². The molecule has 1 saturated heterocycles. The number of pyridine rings is 1. The van der Waals surface area contributed by atoms with Gasteiger partial charge in [-0.3, -0.25) is 9.78 Å². The van der Waals surface area contributed by atoms with Crippen LogP contribution in [0, 0.1) is 12.8 Å². The normalized spacial score (nSPS) is 16.0. The quantitative estimate of drug-likeness (QED) is 0.894. The Labute approximate surface area is 145 Å². The molecule has 0 spiro atoms. The van der Waals surface area contributed by atoms with E-state index < -0.39 is 0 Å². The second-order valence-electron chi connectivity index (χ2n) is 6.27. The van der Waals surface area contributed by atoms with E-state index in [2.05, 4.69) is 26.2 Å². The van der Waals surface area contributed by atoms with Gasteiger partial charge in [-0.05, 0) is 63.5 Å². The van der Waals surface area contributed by atoms with Gasteiger partial charge in [-0.2, -0.15) is 0 Å². The van der Waals surface area contributed by atoms with Gasteiger partial charge in [0.2, 0.25) is 0 Å². The molecule has 0 atom stereocenters. The Balaban J connectivity index is 1.88. The Morgan fingerprint density at radius 1 is 1.35 bits per heavy atom. The summed E-state index contributed by atoms with van der Waals surface area (Å²) >= 11 is 3.50. The molecule has 1 aromatic heterocycles. The van der Waals surface area contributed by atoms with E-state index in [4.69, 9.17) is 0 Å². The van der Waals surface area contributed by atoms with Crippen molar-refractivity contribution in [2.24, 2.45) is 5.92 Å². The molecular weight excluding hydrogens is 354 g/mol. The molecule has 0 unspecified atom stereocenters. The minimum atomic E-state index is 0.126. The molecule has 1 fully saturated rings. The van der Waals surface area contributed by atoms with Crippen LogP contribution in [0.4, 0.5) is 0 Å². The van der Waals surface area contributed by atoms with Gasteiger partial charge in [-0.1, -0.05) is 15.9 Å². The van der Waals surface area contributed by atoms with Crippen molar-refractivity contribution in [2.75, 3.05) is 26.7 Å². The van der Waals surface area contributed by atoms with Crippen LogP contribution in [0.3, 0.4) is 0 Å². The lowest BCUT2D eigenvalue weighted by molar-refractivity contribution is 0.0692. The summed E-state index contributed by atoms with van der Waals surface area (Å²) in [7, 11) is 1.99. The van der Waals surface area contributed by atoms with E-state index in [0.717, 1.165) is 59.1 Å². The van der Waals surface area contributed by atoms with E-state index in [1.165, 1.54) is 0 Å². The number of benzene rings is 1. The maximum Gasteiger partial charge on any atom is 0.254 e. The number of rotatable bonds is 3. The molecule has 4 nitrogen and oxygen atoms in total. The average Bonchev–Trinajstić information content (AvgIpc) is 2.55. The Hall–Kier alpha value is -1.46. The zero-order chi connectivity index (χ0) is 16.4. The number of carbonyl (C=O) groups is 1. The Bertz CT molecular complexity index is 724. The van der Waals surface area contributed by atoms with Crippen molar-refractivity contribution in [2.45, 2.75) is 19.8 Å². The van der Waals surface area contributed by atoms with E-state index in [9.17, 15) is 4.79 Å². The number of nitrogens with one attached hydrogen (secondary N) is 1. The number of amides is 1. The van der Waals surface area contributed by atoms with Gasteiger partial charge < -0.3 is 10.2 Å². The molecule has 1 aromatic carbocycles. The lowest BCUT2D eigenvalue weighted by Crippen LogP contribution is -2.40. The Morgan fingerprint density at radius 2 is 2.09 bits per heavy atom. The topological polar surface area (TPSA) is 45.2 Å². The highest BCUT2D eigenvalue weighted by Gasteiger charge is 2.24. The summed E-state index contributed by atoms with van der Waals surface area (Å²) < 4.78 is 0.970. The van der Waals surface area contributed by atoms with E-state index in [0.29, 0.717) is 5.92 Å². The van der Waals surface area contributed by atoms with Gasteiger partial charge in [0.15, 0.2) is 0 Å². The average molecular weight is 376 g/mol. The molecule has 0 bridgehead atoms. The first kappa shape index (κ1) is 16.4. The third-order valence-corrected chi connectivity index (χ3v) is 5.02. The summed E-state index contributed by atoms with van der Waals surface area (Å²) in [5.41, 5.74) is 2.52. The highest BCUT2D eigenvalue weighted by molar-refractivity contribution is 9.10. The second kappa shape index (κ2) is 6.97. The molecule has 2 aromatic rings. The zero-order valence-electron chi connectivity index (χ0n) is 13.6. The molecule has 1 aliphatic heterocycles. The van der Waals surface area contributed by atoms with Crippen LogP contribution in [0.25, 0.3) is 10.9 Å². The van der Waals surface area contributed by atoms with Crippen LogP contribution < -0.4 is 5.32 Å². The van der Waals surface area contributed by atoms with Crippen molar-refractivity contribution >= 4 is 32.7 Å². The lowest BCUT2D eigenvalue weighted by Gasteiger charge is -2.32. The third-order valence-electron chi connectivity index (χ3n) is 4.52. The molecule has 3 rings (SSSR count). The summed E-state index contributed by atoms with van der Waals surface area (Å²) in [4.78, 5) is 19.5. The minimum Gasteiger partial charge on any atom is -0.339 e. The number of hydrogen-bond acceptors (Lipinski definition) is 3. The van der Waals surface area contributed by atoms with Crippen LogP contribution in [-0.4, -0.2) is 42.5 Å². The van der Waals surface area contributed by atoms with Crippen LogP contribution in [0.1, 0.15) is 28.9 Å². The summed E-state index contributed by atoms with van der Waals surface area (Å²) in [6.07, 6.45) is 2.14. The van der Waals surface area contributed by atoms with Crippen molar-refractivity contribution in [1.29, 1.82) is 0 Å². The third kappa shape index (κ3) is 3.56. The van der Waals surface area contributed by atoms with Gasteiger partial charge in [-0.15, -0.1) is 0 Å². The number of halogens is 1. The Morgan fingerprint density at radius 3 is 2.78 bits per heavy atom. The highest BCUT2D eigenvalue weighted by Crippen LogP contribution is 2.25. The van der Waals surface area contributed by atoms with E-state index >= 15 is 0 Å². The molecule has 2 heterocycles. The van der Waals surface area contributed by atoms with E-state index in [1.54, 1.807) is 0 Å². The maximum atomic E-state index is 13.0. The fourth-order valence-electron chi connectivity index (χ4n) is 3.31. The second-order valence-corrected chi connectivity index (χ2v) is 7.18. The SMILES string of the molecule is CNCC1CCN(C(=O)c2cc(C)nc3ccc(Br)cc23)CC1. The monoisotopic (exact) mass is 375 g/mol. The van der Waals surface area contributed by atoms with Crippen LogP contribution in [-0.2, 0) is 0 Å². The molecule has 1 aliphatic rings. The lowest BCUT2D eigenvalue weighted by atomic mass is 9.96. The maximum absolute atomic E-state index is 13.0. The number of aromatic nitrogens is 1. The van der Waals surface area contributed by atoms with Crippen molar-refractivity contribution in [3.8, 4) is 0 Å². The van der Waals surface area contributed by atoms with Crippen LogP contribution >= 0.6 is 15.9 Å².